The van der Waals surface area contributed by atoms with Gasteiger partial charge in [-0.15, -0.1) is 0 Å². The highest BCUT2D eigenvalue weighted by Gasteiger charge is 2.73. The predicted octanol–water partition coefficient (Wildman–Crippen LogP) is 6.02. The molecule has 19 heteroatoms. The van der Waals surface area contributed by atoms with Crippen LogP contribution in [0.25, 0.3) is 0 Å². The summed E-state index contributed by atoms with van der Waals surface area (Å²) in [6.45, 7) is 0. The van der Waals surface area contributed by atoms with Crippen LogP contribution in [-0.4, -0.2) is 46.7 Å². The van der Waals surface area contributed by atoms with E-state index in [1.165, 1.54) is 0 Å². The molecule has 0 aliphatic heterocycles. The highest BCUT2D eigenvalue weighted by Crippen LogP contribution is 2.55. The molecule has 0 fully saturated rings. The smallest absolute Gasteiger partial charge is 0.402 e. The van der Waals surface area contributed by atoms with Gasteiger partial charge in [0.25, 0.3) is 11.2 Å². The summed E-state index contributed by atoms with van der Waals surface area (Å²) in [6, 6.07) is -0.148. The number of allylic oxidation sites excluding steroid dienone is 2. The highest BCUT2D eigenvalue weighted by atomic mass is 19.4. The average molecular weight is 600 g/mol. The van der Waals surface area contributed by atoms with Crippen molar-refractivity contribution in [1.82, 2.24) is 0 Å². The SMILES string of the molecule is NC1=C(C(O)(C(F)(F)F)C(F)(F)F)C=C(C(c2ccc(N)c(C(O)(C(F)(F)F)C(F)(F)F)c2)C(F)(F)F)CC1. The van der Waals surface area contributed by atoms with E-state index in [4.69, 9.17) is 11.5 Å². The number of rotatable bonds is 4. The zero-order valence-corrected chi connectivity index (χ0v) is 18.5. The molecule has 39 heavy (non-hydrogen) atoms. The summed E-state index contributed by atoms with van der Waals surface area (Å²) in [6.07, 6.45) is -34.8. The van der Waals surface area contributed by atoms with Gasteiger partial charge in [-0.25, -0.2) is 0 Å². The lowest BCUT2D eigenvalue weighted by atomic mass is 9.77. The number of nitrogens with two attached hydrogens (primary N) is 2. The van der Waals surface area contributed by atoms with Gasteiger partial charge >= 0.3 is 30.9 Å². The first-order valence-corrected chi connectivity index (χ1v) is 10.00. The minimum atomic E-state index is -6.60. The predicted molar refractivity (Wildman–Crippen MR) is 101 cm³/mol. The first kappa shape index (κ1) is 32.4. The van der Waals surface area contributed by atoms with Gasteiger partial charge in [0.05, 0.1) is 0 Å². The van der Waals surface area contributed by atoms with Gasteiger partial charge in [0.2, 0.25) is 0 Å². The molecule has 0 heterocycles. The zero-order valence-electron chi connectivity index (χ0n) is 18.5. The maximum Gasteiger partial charge on any atom is 0.430 e. The molecular formula is C20H15F15N2O2. The molecule has 1 atom stereocenters. The third-order valence-electron chi connectivity index (χ3n) is 5.89. The Bertz CT molecular complexity index is 1130. The van der Waals surface area contributed by atoms with Crippen molar-refractivity contribution in [3.05, 3.63) is 52.2 Å². The Labute approximate surface area is 207 Å². The van der Waals surface area contributed by atoms with Crippen LogP contribution < -0.4 is 11.5 Å². The van der Waals surface area contributed by atoms with Gasteiger partial charge in [0.15, 0.2) is 0 Å². The first-order chi connectivity index (χ1) is 17.1. The average Bonchev–Trinajstić information content (AvgIpc) is 2.71. The molecule has 2 rings (SSSR count). The maximum absolute atomic E-state index is 14.0. The highest BCUT2D eigenvalue weighted by molar-refractivity contribution is 5.55. The van der Waals surface area contributed by atoms with Crippen LogP contribution in [0.5, 0.6) is 0 Å². The summed E-state index contributed by atoms with van der Waals surface area (Å²) in [7, 11) is 0. The number of halogens is 15. The molecule has 1 unspecified atom stereocenters. The molecule has 222 valence electrons. The fraction of sp³-hybridized carbons (Fsp3) is 0.500. The van der Waals surface area contributed by atoms with Crippen LogP contribution in [0.1, 0.15) is 29.9 Å². The normalized spacial score (nSPS) is 17.8. The van der Waals surface area contributed by atoms with Crippen molar-refractivity contribution >= 4 is 5.69 Å². The van der Waals surface area contributed by atoms with Gasteiger partial charge in [-0.3, -0.25) is 0 Å². The van der Waals surface area contributed by atoms with Crippen molar-refractivity contribution in [2.75, 3.05) is 5.73 Å². The van der Waals surface area contributed by atoms with Crippen LogP contribution >= 0.6 is 0 Å². The van der Waals surface area contributed by atoms with E-state index in [1.807, 2.05) is 0 Å². The molecule has 0 amide bonds. The topological polar surface area (TPSA) is 92.5 Å². The van der Waals surface area contributed by atoms with Crippen molar-refractivity contribution in [2.24, 2.45) is 5.73 Å². The number of hydrogen-bond acceptors (Lipinski definition) is 4. The summed E-state index contributed by atoms with van der Waals surface area (Å²) < 4.78 is 202. The van der Waals surface area contributed by atoms with Crippen LogP contribution in [0, 0.1) is 0 Å². The molecule has 1 aromatic rings. The second kappa shape index (κ2) is 9.38. The summed E-state index contributed by atoms with van der Waals surface area (Å²) in [5.74, 6) is -3.42. The van der Waals surface area contributed by atoms with Crippen molar-refractivity contribution in [3.8, 4) is 0 Å². The van der Waals surface area contributed by atoms with Crippen molar-refractivity contribution < 1.29 is 76.1 Å². The fourth-order valence-corrected chi connectivity index (χ4v) is 3.94. The molecule has 0 saturated carbocycles. The molecule has 0 bridgehead atoms. The third kappa shape index (κ3) is 5.33. The van der Waals surface area contributed by atoms with E-state index in [1.54, 1.807) is 0 Å². The quantitative estimate of drug-likeness (QED) is 0.252. The summed E-state index contributed by atoms with van der Waals surface area (Å²) in [5, 5.41) is 19.2. The lowest BCUT2D eigenvalue weighted by molar-refractivity contribution is -0.376. The van der Waals surface area contributed by atoms with Gasteiger partial charge in [-0.05, 0) is 30.5 Å². The third-order valence-corrected chi connectivity index (χ3v) is 5.89. The van der Waals surface area contributed by atoms with E-state index in [9.17, 15) is 76.1 Å². The van der Waals surface area contributed by atoms with Crippen LogP contribution in [-0.2, 0) is 5.60 Å². The molecule has 0 aromatic heterocycles. The molecule has 1 aliphatic carbocycles. The van der Waals surface area contributed by atoms with Crippen LogP contribution in [0.3, 0.4) is 0 Å². The minimum Gasteiger partial charge on any atom is -0.402 e. The van der Waals surface area contributed by atoms with Gasteiger partial charge in [-0.2, -0.15) is 65.9 Å². The van der Waals surface area contributed by atoms with Crippen LogP contribution in [0.4, 0.5) is 71.5 Å². The Morgan fingerprint density at radius 3 is 1.46 bits per heavy atom. The lowest BCUT2D eigenvalue weighted by Gasteiger charge is -2.37. The van der Waals surface area contributed by atoms with Gasteiger partial charge in [-0.1, -0.05) is 17.7 Å². The molecular weight excluding hydrogens is 585 g/mol. The first-order valence-electron chi connectivity index (χ1n) is 10.00. The standard InChI is InChI=1S/C20H15F15N2O2/c21-16(22,23)13(7-1-3-11(36)9(5-7)14(38,17(24,25)26)18(27,28)29)8-2-4-12(37)10(6-8)15(39,19(30,31)32)20(33,34)35/h1,3,5-6,13,38-39H,2,4,36-37H2. The number of aliphatic hydroxyl groups is 2. The zero-order chi connectivity index (χ0) is 30.8. The molecule has 1 aromatic carbocycles. The van der Waals surface area contributed by atoms with Gasteiger partial charge in [0, 0.05) is 22.5 Å². The molecule has 0 spiro atoms. The molecule has 6 N–H and O–H groups in total. The largest absolute Gasteiger partial charge is 0.430 e. The Morgan fingerprint density at radius 2 is 1.08 bits per heavy atom. The number of hydrogen-bond donors (Lipinski definition) is 4. The number of nitrogen functional groups attached to an aromatic ring is 1. The van der Waals surface area contributed by atoms with E-state index in [2.05, 4.69) is 0 Å². The number of alkyl halides is 15. The Balaban J connectivity index is 2.89. The second-order valence-electron chi connectivity index (χ2n) is 8.39. The number of benzene rings is 1. The maximum atomic E-state index is 14.0. The Kier molecular flexibility index (Phi) is 7.79. The summed E-state index contributed by atoms with van der Waals surface area (Å²) >= 11 is 0. The molecule has 4 nitrogen and oxygen atoms in total. The summed E-state index contributed by atoms with van der Waals surface area (Å²) in [5.41, 5.74) is -11.8. The van der Waals surface area contributed by atoms with E-state index in [-0.39, 0.29) is 12.1 Å². The second-order valence-corrected chi connectivity index (χ2v) is 8.39. The number of anilines is 1. The lowest BCUT2D eigenvalue weighted by Crippen LogP contribution is -2.58. The fourth-order valence-electron chi connectivity index (χ4n) is 3.94. The van der Waals surface area contributed by atoms with Crippen LogP contribution in [0.15, 0.2) is 41.1 Å². The van der Waals surface area contributed by atoms with Crippen molar-refractivity contribution in [2.45, 2.75) is 60.8 Å². The van der Waals surface area contributed by atoms with Gasteiger partial charge in [0.1, 0.15) is 5.92 Å². The van der Waals surface area contributed by atoms with Crippen LogP contribution in [0.2, 0.25) is 0 Å². The Morgan fingerprint density at radius 1 is 0.641 bits per heavy atom. The van der Waals surface area contributed by atoms with Crippen molar-refractivity contribution in [3.63, 3.8) is 0 Å². The van der Waals surface area contributed by atoms with Gasteiger partial charge < -0.3 is 21.7 Å². The van der Waals surface area contributed by atoms with E-state index < -0.39 is 107 Å². The molecule has 0 saturated heterocycles. The minimum absolute atomic E-state index is 0.0993. The van der Waals surface area contributed by atoms with E-state index in [0.29, 0.717) is 0 Å². The molecule has 0 radical (unpaired) electrons. The monoisotopic (exact) mass is 600 g/mol. The van der Waals surface area contributed by atoms with Crippen molar-refractivity contribution in [1.29, 1.82) is 0 Å². The van der Waals surface area contributed by atoms with E-state index in [0.717, 1.165) is 0 Å². The molecule has 1 aliphatic rings. The Hall–Kier alpha value is -2.83. The summed E-state index contributed by atoms with van der Waals surface area (Å²) in [4.78, 5) is 0. The van der Waals surface area contributed by atoms with E-state index >= 15 is 0 Å².